The van der Waals surface area contributed by atoms with Gasteiger partial charge < -0.3 is 0 Å². The number of hydrogen-bond acceptors (Lipinski definition) is 0. The molecule has 0 bridgehead atoms. The van der Waals surface area contributed by atoms with Crippen molar-refractivity contribution in [1.29, 1.82) is 0 Å². The summed E-state index contributed by atoms with van der Waals surface area (Å²) in [5.74, 6) is 4.32. The first-order chi connectivity index (χ1) is 9.41. The molecule has 0 saturated carbocycles. The molecule has 0 aromatic carbocycles. The Balaban J connectivity index is -0.0000000929. The molecule has 0 atom stereocenters. The van der Waals surface area contributed by atoms with Gasteiger partial charge in [-0.2, -0.15) is 0 Å². The zero-order valence-corrected chi connectivity index (χ0v) is 18.0. The molecule has 0 aliphatic heterocycles. The van der Waals surface area contributed by atoms with Gasteiger partial charge in [-0.15, -0.1) is 0 Å². The molecule has 0 radical (unpaired) electrons. The summed E-state index contributed by atoms with van der Waals surface area (Å²) in [5.41, 5.74) is 0. The van der Waals surface area contributed by atoms with E-state index < -0.39 is 0 Å². The van der Waals surface area contributed by atoms with E-state index in [1.54, 1.807) is 0 Å². The molecule has 0 aliphatic rings. The average Bonchev–Trinajstić information content (AvgIpc) is 2.29. The minimum absolute atomic E-state index is 0.833. The van der Waals surface area contributed by atoms with Crippen LogP contribution in [0, 0.1) is 29.6 Å². The minimum atomic E-state index is 0.833. The summed E-state index contributed by atoms with van der Waals surface area (Å²) >= 11 is 0. The van der Waals surface area contributed by atoms with Gasteiger partial charge in [0.1, 0.15) is 0 Å². The first-order valence-corrected chi connectivity index (χ1v) is 9.41. The van der Waals surface area contributed by atoms with Crippen molar-refractivity contribution in [3.63, 3.8) is 0 Å². The van der Waals surface area contributed by atoms with Gasteiger partial charge in [-0.1, -0.05) is 109 Å². The largest absolute Gasteiger partial charge is 0.0654 e. The maximum Gasteiger partial charge on any atom is -0.0448 e. The van der Waals surface area contributed by atoms with E-state index >= 15 is 0 Å². The van der Waals surface area contributed by atoms with Crippen LogP contribution in [0.15, 0.2) is 0 Å². The van der Waals surface area contributed by atoms with Crippen LogP contribution in [0.2, 0.25) is 0 Å². The van der Waals surface area contributed by atoms with Crippen LogP contribution in [-0.2, 0) is 0 Å². The summed E-state index contributed by atoms with van der Waals surface area (Å²) in [6.45, 7) is 28.8. The molecule has 0 aliphatic carbocycles. The predicted molar refractivity (Wildman–Crippen MR) is 105 cm³/mol. The van der Waals surface area contributed by atoms with E-state index in [2.05, 4.69) is 90.0 Å². The fourth-order valence-corrected chi connectivity index (χ4v) is 0.577. The Bertz CT molecular complexity index is 131. The quantitative estimate of drug-likeness (QED) is 0.488. The van der Waals surface area contributed by atoms with Crippen LogP contribution in [0.3, 0.4) is 0 Å². The molecule has 134 valence electrons. The summed E-state index contributed by atoms with van der Waals surface area (Å²) in [6.07, 6.45) is 4.01. The van der Waals surface area contributed by atoms with E-state index in [0.29, 0.717) is 0 Å². The Morgan fingerprint density at radius 3 is 0.762 bits per heavy atom. The molecule has 0 aromatic rings. The molecule has 0 unspecified atom stereocenters. The third-order valence-corrected chi connectivity index (χ3v) is 3.02. The highest BCUT2D eigenvalue weighted by Gasteiger charge is 1.95. The number of rotatable bonds is 4. The lowest BCUT2D eigenvalue weighted by atomic mass is 10.0. The summed E-state index contributed by atoms with van der Waals surface area (Å²) in [7, 11) is 0. The maximum atomic E-state index is 2.25. The summed E-state index contributed by atoms with van der Waals surface area (Å²) in [6, 6.07) is 0. The third kappa shape index (κ3) is 80.0. The smallest absolute Gasteiger partial charge is 0.0448 e. The maximum absolute atomic E-state index is 2.25. The zero-order chi connectivity index (χ0) is 18.0. The normalized spacial score (nSPS) is 10.0. The Morgan fingerprint density at radius 1 is 0.524 bits per heavy atom. The van der Waals surface area contributed by atoms with Crippen LogP contribution in [0.5, 0.6) is 0 Å². The second kappa shape index (κ2) is 22.3. The molecule has 21 heavy (non-hydrogen) atoms. The van der Waals surface area contributed by atoms with Crippen molar-refractivity contribution >= 4 is 0 Å². The van der Waals surface area contributed by atoms with Crippen molar-refractivity contribution in [2.24, 2.45) is 29.6 Å². The van der Waals surface area contributed by atoms with E-state index in [1.165, 1.54) is 19.3 Å². The van der Waals surface area contributed by atoms with Gasteiger partial charge in [-0.25, -0.2) is 0 Å². The van der Waals surface area contributed by atoms with Crippen LogP contribution in [0.1, 0.15) is 109 Å². The van der Waals surface area contributed by atoms with Gasteiger partial charge in [0, 0.05) is 0 Å². The van der Waals surface area contributed by atoms with Crippen molar-refractivity contribution in [3.05, 3.63) is 0 Å². The molecule has 0 aromatic heterocycles. The minimum Gasteiger partial charge on any atom is -0.0654 e. The van der Waals surface area contributed by atoms with E-state index in [9.17, 15) is 0 Å². The third-order valence-electron chi connectivity index (χ3n) is 3.02. The highest BCUT2D eigenvalue weighted by Crippen LogP contribution is 2.05. The molecule has 0 heteroatoms. The molecule has 0 fully saturated rings. The summed E-state index contributed by atoms with van der Waals surface area (Å²) < 4.78 is 0. The van der Waals surface area contributed by atoms with Gasteiger partial charge >= 0.3 is 0 Å². The SMILES string of the molecule is CC(C)C.CC(C)C(C)C.CCC(C)C.CCCC(C)C. The van der Waals surface area contributed by atoms with Crippen molar-refractivity contribution < 1.29 is 0 Å². The van der Waals surface area contributed by atoms with Crippen LogP contribution < -0.4 is 0 Å². The molecule has 0 saturated heterocycles. The Hall–Kier alpha value is 0. The van der Waals surface area contributed by atoms with Crippen LogP contribution in [0.25, 0.3) is 0 Å². The number of hydrogen-bond donors (Lipinski definition) is 0. The second-order valence-electron chi connectivity index (χ2n) is 8.20. The van der Waals surface area contributed by atoms with Crippen LogP contribution in [0.4, 0.5) is 0 Å². The Morgan fingerprint density at radius 2 is 0.762 bits per heavy atom. The summed E-state index contributed by atoms with van der Waals surface area (Å²) in [5, 5.41) is 0. The van der Waals surface area contributed by atoms with E-state index in [0.717, 1.165) is 29.6 Å². The van der Waals surface area contributed by atoms with Gasteiger partial charge in [0.15, 0.2) is 0 Å². The summed E-state index contributed by atoms with van der Waals surface area (Å²) in [4.78, 5) is 0. The first-order valence-electron chi connectivity index (χ1n) is 9.41. The Kier molecular flexibility index (Phi) is 30.8. The molecule has 0 nitrogen and oxygen atoms in total. The van der Waals surface area contributed by atoms with Crippen LogP contribution in [-0.4, -0.2) is 0 Å². The Labute approximate surface area is 139 Å². The standard InChI is InChI=1S/2C6H14.C5H12.C4H10/c1-5(2)6(3)4;1-4-5-6(2)3;1-4-5(2)3;1-4(2)3/h5-6H,1-4H3;6H,4-5H2,1-3H3;5H,4H2,1-3H3;4H,1-3H3. The molecular formula is C21H50. The van der Waals surface area contributed by atoms with E-state index in [-0.39, 0.29) is 0 Å². The van der Waals surface area contributed by atoms with Crippen molar-refractivity contribution in [2.75, 3.05) is 0 Å². The lowest BCUT2D eigenvalue weighted by molar-refractivity contribution is 0.457. The fourth-order valence-electron chi connectivity index (χ4n) is 0.577. The van der Waals surface area contributed by atoms with Crippen LogP contribution >= 0.6 is 0 Å². The van der Waals surface area contributed by atoms with E-state index in [1.807, 2.05) is 0 Å². The molecule has 0 spiro atoms. The monoisotopic (exact) mass is 302 g/mol. The van der Waals surface area contributed by atoms with Gasteiger partial charge in [0.2, 0.25) is 0 Å². The zero-order valence-electron chi connectivity index (χ0n) is 18.0. The fraction of sp³-hybridized carbons (Fsp3) is 1.00. The molecule has 0 N–H and O–H groups in total. The van der Waals surface area contributed by atoms with Gasteiger partial charge in [-0.3, -0.25) is 0 Å². The molecule has 0 rings (SSSR count). The molecule has 0 heterocycles. The topological polar surface area (TPSA) is 0 Å². The van der Waals surface area contributed by atoms with Gasteiger partial charge in [0.05, 0.1) is 0 Å². The average molecular weight is 303 g/mol. The first kappa shape index (κ1) is 29.1. The van der Waals surface area contributed by atoms with E-state index in [4.69, 9.17) is 0 Å². The van der Waals surface area contributed by atoms with Crippen molar-refractivity contribution in [1.82, 2.24) is 0 Å². The lowest BCUT2D eigenvalue weighted by Crippen LogP contribution is -1.95. The van der Waals surface area contributed by atoms with Gasteiger partial charge in [-0.05, 0) is 29.6 Å². The second-order valence-corrected chi connectivity index (χ2v) is 8.20. The molecular weight excluding hydrogens is 252 g/mol. The highest BCUT2D eigenvalue weighted by molar-refractivity contribution is 4.46. The van der Waals surface area contributed by atoms with Crippen molar-refractivity contribution in [2.45, 2.75) is 109 Å². The lowest BCUT2D eigenvalue weighted by Gasteiger charge is -2.05. The molecule has 0 amide bonds. The van der Waals surface area contributed by atoms with Crippen molar-refractivity contribution in [3.8, 4) is 0 Å². The predicted octanol–water partition coefficient (Wildman–Crippen LogP) is 8.46. The highest BCUT2D eigenvalue weighted by atomic mass is 14.0. The van der Waals surface area contributed by atoms with Gasteiger partial charge in [0.25, 0.3) is 0 Å².